The Morgan fingerprint density at radius 2 is 0.955 bits per heavy atom. The molecular formula is C60H102O29. The van der Waals surface area contributed by atoms with Gasteiger partial charge < -0.3 is 144 Å². The molecule has 0 aromatic heterocycles. The Morgan fingerprint density at radius 3 is 1.45 bits per heavy atom. The van der Waals surface area contributed by atoms with Crippen molar-refractivity contribution in [1.82, 2.24) is 0 Å². The first-order valence-electron chi connectivity index (χ1n) is 31.6. The monoisotopic (exact) mass is 1290 g/mol. The molecule has 4 unspecified atom stereocenters. The zero-order valence-electron chi connectivity index (χ0n) is 51.8. The van der Waals surface area contributed by atoms with Crippen LogP contribution in [-0.4, -0.2) is 308 Å². The Labute approximate surface area is 517 Å². The Morgan fingerprint density at radius 1 is 0.517 bits per heavy atom. The van der Waals surface area contributed by atoms with Crippen LogP contribution in [0.1, 0.15) is 107 Å². The molecule has 35 atom stereocenters. The van der Waals surface area contributed by atoms with Gasteiger partial charge in [-0.1, -0.05) is 53.2 Å². The fourth-order valence-corrected chi connectivity index (χ4v) is 17.0. The Kier molecular flexibility index (Phi) is 22.3. The first-order valence-corrected chi connectivity index (χ1v) is 31.6. The van der Waals surface area contributed by atoms with E-state index in [1.54, 1.807) is 0 Å². The van der Waals surface area contributed by atoms with Gasteiger partial charge in [0, 0.05) is 10.8 Å². The van der Waals surface area contributed by atoms with Gasteiger partial charge in [0.05, 0.1) is 56.9 Å². The van der Waals surface area contributed by atoms with Gasteiger partial charge >= 0.3 is 0 Å². The summed E-state index contributed by atoms with van der Waals surface area (Å²) in [5, 5.41) is 205. The smallest absolute Gasteiger partial charge is 0.187 e. The molecule has 0 amide bonds. The average molecular weight is 1290 g/mol. The van der Waals surface area contributed by atoms with E-state index in [0.717, 1.165) is 18.4 Å². The van der Waals surface area contributed by atoms with E-state index >= 15 is 0 Å². The van der Waals surface area contributed by atoms with Gasteiger partial charge in [-0.25, -0.2) is 0 Å². The van der Waals surface area contributed by atoms with Gasteiger partial charge in [0.15, 0.2) is 31.5 Å². The average Bonchev–Trinajstić information content (AvgIpc) is 1.66. The highest BCUT2D eigenvalue weighted by Gasteiger charge is 2.70. The number of aliphatic hydroxyl groups is 19. The van der Waals surface area contributed by atoms with Crippen LogP contribution in [0.4, 0.5) is 0 Å². The SMILES string of the molecule is C[C@H](CC[C@@H](O[C@@H]1O[C@H](CO[C@@H]2O[C@H](CO)[C@@H](O)[C@H](O)[C@H]2O)[C@@H](O)[C@H](O)[C@H]1OC1O[C@@H](CO)[C@H](O)[C@@H](O)[C@@H]1O)C(C)(C)O)C1CC[C@@]2(C)C3CC=C4C(CC[C@H](O[C@@H]5O[C@H](CO[C@@H]6O[C@H](CO)[C@@H](O)[C@H](O)[C@H]6O)[C@@H](O)[C@H](O)[C@H]5O)C4(C)C)[C@]3(C)[C@H](O)C[C@]12C. The number of aliphatic hydroxyl groups excluding tert-OH is 18. The Bertz CT molecular complexity index is 2340. The lowest BCUT2D eigenvalue weighted by atomic mass is 9.38. The lowest BCUT2D eigenvalue weighted by molar-refractivity contribution is -0.380. The van der Waals surface area contributed by atoms with Crippen molar-refractivity contribution in [2.45, 2.75) is 284 Å². The van der Waals surface area contributed by atoms with Crippen molar-refractivity contribution in [3.05, 3.63) is 11.6 Å². The number of fused-ring (bicyclic) bond motifs is 5. The van der Waals surface area contributed by atoms with E-state index in [0.29, 0.717) is 32.1 Å². The van der Waals surface area contributed by atoms with E-state index in [4.69, 9.17) is 47.4 Å². The third kappa shape index (κ3) is 13.1. The summed E-state index contributed by atoms with van der Waals surface area (Å²) in [6.07, 6.45) is -37.4. The van der Waals surface area contributed by atoms with E-state index in [1.165, 1.54) is 13.8 Å². The molecule has 0 aromatic carbocycles. The van der Waals surface area contributed by atoms with E-state index in [1.807, 2.05) is 13.8 Å². The van der Waals surface area contributed by atoms with Crippen LogP contribution < -0.4 is 0 Å². The maximum atomic E-state index is 12.8. The van der Waals surface area contributed by atoms with Crippen molar-refractivity contribution >= 4 is 0 Å². The molecule has 19 N–H and O–H groups in total. The van der Waals surface area contributed by atoms with Crippen LogP contribution in [0, 0.1) is 45.3 Å². The molecule has 3 saturated carbocycles. The summed E-state index contributed by atoms with van der Waals surface area (Å²) in [6.45, 7) is 12.6. The topological polar surface area (TPSA) is 477 Å². The third-order valence-electron chi connectivity index (χ3n) is 22.9. The second kappa shape index (κ2) is 27.6. The molecule has 29 nitrogen and oxygen atoms in total. The van der Waals surface area contributed by atoms with Crippen LogP contribution in [0.25, 0.3) is 0 Å². The number of ether oxygens (including phenoxy) is 10. The van der Waals surface area contributed by atoms with Gasteiger partial charge in [-0.05, 0) is 99.7 Å². The lowest BCUT2D eigenvalue weighted by Crippen LogP contribution is -2.65. The van der Waals surface area contributed by atoms with E-state index in [2.05, 4.69) is 33.8 Å². The fourth-order valence-electron chi connectivity index (χ4n) is 17.0. The maximum Gasteiger partial charge on any atom is 0.187 e. The van der Waals surface area contributed by atoms with Gasteiger partial charge in [-0.3, -0.25) is 0 Å². The number of rotatable bonds is 20. The van der Waals surface area contributed by atoms with Crippen LogP contribution in [0.2, 0.25) is 0 Å². The third-order valence-corrected chi connectivity index (χ3v) is 22.9. The molecule has 0 spiro atoms. The van der Waals surface area contributed by atoms with Crippen LogP contribution in [0.3, 0.4) is 0 Å². The second-order valence-corrected chi connectivity index (χ2v) is 28.7. The first kappa shape index (κ1) is 71.9. The standard InChI is InChI=1S/C60H102O29/c1-23(9-13-35(57(4,5)79)88-55-50(89-54-49(78)43(72)38(67)29(20-63)84-54)45(74)40(69)31(86-55)22-81-52-47(76)42(71)37(66)28(19-62)83-52)24-15-16-58(6)32-12-10-25-26(60(32,8)33(64)17-59(24,58)7)11-14-34(56(25,2)3)87-53-48(77)44(73)39(68)30(85-53)21-80-51-46(75)41(70)36(65)27(18-61)82-51/h10,23-24,26-55,61-79H,9,11-22H2,1-8H3/t23-,24?,26?,27-,28-,29+,30-,31-,32?,33-,34+,35-,36-,37-,38+,39-,40-,41+,42+,43-,44+,45+,46-,47-,48-,49+,50-,51-,52-,53+,54?,55+,58+,59-,60+/m1/s1. The minimum absolute atomic E-state index is 0.0310. The van der Waals surface area contributed by atoms with Crippen molar-refractivity contribution in [1.29, 1.82) is 0 Å². The highest BCUT2D eigenvalue weighted by Crippen LogP contribution is 2.75. The zero-order valence-corrected chi connectivity index (χ0v) is 51.8. The van der Waals surface area contributed by atoms with E-state index in [-0.39, 0.29) is 35.5 Å². The summed E-state index contributed by atoms with van der Waals surface area (Å²) < 4.78 is 59.3. The largest absolute Gasteiger partial charge is 0.394 e. The van der Waals surface area contributed by atoms with Crippen molar-refractivity contribution in [3.8, 4) is 0 Å². The molecule has 8 fully saturated rings. The molecule has 5 aliphatic heterocycles. The van der Waals surface area contributed by atoms with Crippen molar-refractivity contribution < 1.29 is 144 Å². The van der Waals surface area contributed by atoms with E-state index in [9.17, 15) is 97.0 Å². The summed E-state index contributed by atoms with van der Waals surface area (Å²) >= 11 is 0. The van der Waals surface area contributed by atoms with Crippen molar-refractivity contribution in [3.63, 3.8) is 0 Å². The molecule has 0 bridgehead atoms. The van der Waals surface area contributed by atoms with Crippen molar-refractivity contribution in [2.24, 2.45) is 45.3 Å². The van der Waals surface area contributed by atoms with Gasteiger partial charge in [0.25, 0.3) is 0 Å². The van der Waals surface area contributed by atoms with Gasteiger partial charge in [-0.2, -0.15) is 0 Å². The fraction of sp³-hybridized carbons (Fsp3) is 0.967. The highest BCUT2D eigenvalue weighted by atomic mass is 16.8. The summed E-state index contributed by atoms with van der Waals surface area (Å²) in [7, 11) is 0. The van der Waals surface area contributed by atoms with Gasteiger partial charge in [-0.15, -0.1) is 0 Å². The summed E-state index contributed by atoms with van der Waals surface area (Å²) in [5.74, 6) is -0.0172. The lowest BCUT2D eigenvalue weighted by Gasteiger charge is -2.67. The summed E-state index contributed by atoms with van der Waals surface area (Å²) in [6, 6.07) is 0. The molecule has 516 valence electrons. The van der Waals surface area contributed by atoms with E-state index < -0.39 is 227 Å². The molecule has 0 radical (unpaired) electrons. The molecule has 0 aromatic rings. The number of allylic oxidation sites excluding steroid dienone is 1. The van der Waals surface area contributed by atoms with Gasteiger partial charge in [0.2, 0.25) is 0 Å². The maximum absolute atomic E-state index is 12.8. The predicted molar refractivity (Wildman–Crippen MR) is 300 cm³/mol. The zero-order chi connectivity index (χ0) is 65.5. The predicted octanol–water partition coefficient (Wildman–Crippen LogP) is -5.41. The second-order valence-electron chi connectivity index (χ2n) is 28.7. The number of hydrogen-bond acceptors (Lipinski definition) is 29. The minimum Gasteiger partial charge on any atom is -0.394 e. The normalized spacial score (nSPS) is 51.8. The molecule has 5 heterocycles. The van der Waals surface area contributed by atoms with Crippen LogP contribution >= 0.6 is 0 Å². The Hall–Kier alpha value is -1.42. The first-order chi connectivity index (χ1) is 41.6. The minimum atomic E-state index is -1.96. The quantitative estimate of drug-likeness (QED) is 0.0506. The van der Waals surface area contributed by atoms with Gasteiger partial charge in [0.1, 0.15) is 122 Å². The summed E-state index contributed by atoms with van der Waals surface area (Å²) in [4.78, 5) is 0. The number of hydrogen-bond donors (Lipinski definition) is 19. The summed E-state index contributed by atoms with van der Waals surface area (Å²) in [5.41, 5.74) is -2.49. The van der Waals surface area contributed by atoms with Crippen LogP contribution in [0.5, 0.6) is 0 Å². The highest BCUT2D eigenvalue weighted by molar-refractivity contribution is 5.32. The van der Waals surface area contributed by atoms with Crippen LogP contribution in [-0.2, 0) is 47.4 Å². The molecule has 9 aliphatic rings. The van der Waals surface area contributed by atoms with Crippen molar-refractivity contribution in [2.75, 3.05) is 33.0 Å². The molecule has 5 saturated heterocycles. The molecule has 9 rings (SSSR count). The molecular weight excluding hydrogens is 1180 g/mol. The molecule has 4 aliphatic carbocycles. The molecule has 89 heavy (non-hydrogen) atoms. The van der Waals surface area contributed by atoms with Crippen LogP contribution in [0.15, 0.2) is 11.6 Å². The Balaban J connectivity index is 0.883. The molecule has 29 heteroatoms.